The van der Waals surface area contributed by atoms with Crippen LogP contribution in [0.3, 0.4) is 0 Å². The molecule has 0 aliphatic heterocycles. The lowest BCUT2D eigenvalue weighted by atomic mass is 10.1. The monoisotopic (exact) mass is 286 g/mol. The Kier molecular flexibility index (Phi) is 3.19. The second kappa shape index (κ2) is 4.54. The van der Waals surface area contributed by atoms with Gasteiger partial charge in [0.25, 0.3) is 0 Å². The highest BCUT2D eigenvalue weighted by atomic mass is 32.2. The molecule has 2 aromatic rings. The number of methoxy groups -OCH3 is 1. The standard InChI is InChI=1S/C11H11FN2O4S/c1-17-10-7(8-5-14-18-11(8)13)3-6(12)4-9(10)19(2,15)16/h3-5H,13H2,1-2H3. The van der Waals surface area contributed by atoms with Gasteiger partial charge in [0, 0.05) is 11.8 Å². The number of nitrogen functional groups attached to an aromatic ring is 1. The molecule has 0 bridgehead atoms. The van der Waals surface area contributed by atoms with Gasteiger partial charge in [-0.05, 0) is 12.1 Å². The molecule has 0 atom stereocenters. The summed E-state index contributed by atoms with van der Waals surface area (Å²) in [7, 11) is -2.36. The van der Waals surface area contributed by atoms with Crippen molar-refractivity contribution in [3.63, 3.8) is 0 Å². The fourth-order valence-electron chi connectivity index (χ4n) is 1.71. The molecular formula is C11H11FN2O4S. The maximum absolute atomic E-state index is 13.6. The van der Waals surface area contributed by atoms with E-state index in [0.29, 0.717) is 0 Å². The third kappa shape index (κ3) is 2.39. The van der Waals surface area contributed by atoms with E-state index in [0.717, 1.165) is 18.4 Å². The Bertz CT molecular complexity index is 724. The van der Waals surface area contributed by atoms with Crippen molar-refractivity contribution in [2.75, 3.05) is 19.1 Å². The fraction of sp³-hybridized carbons (Fsp3) is 0.182. The van der Waals surface area contributed by atoms with Crippen LogP contribution in [0.25, 0.3) is 11.1 Å². The van der Waals surface area contributed by atoms with Gasteiger partial charge in [-0.2, -0.15) is 0 Å². The van der Waals surface area contributed by atoms with Crippen LogP contribution in [0.1, 0.15) is 0 Å². The highest BCUT2D eigenvalue weighted by molar-refractivity contribution is 7.90. The summed E-state index contributed by atoms with van der Waals surface area (Å²) in [5, 5.41) is 3.47. The summed E-state index contributed by atoms with van der Waals surface area (Å²) in [5.41, 5.74) is 5.98. The number of benzene rings is 1. The zero-order valence-corrected chi connectivity index (χ0v) is 11.0. The zero-order chi connectivity index (χ0) is 14.2. The van der Waals surface area contributed by atoms with Crippen molar-refractivity contribution in [2.45, 2.75) is 4.90 Å². The minimum Gasteiger partial charge on any atom is -0.495 e. The first kappa shape index (κ1) is 13.3. The Morgan fingerprint density at radius 1 is 1.37 bits per heavy atom. The Hall–Kier alpha value is -2.09. The molecule has 6 nitrogen and oxygen atoms in total. The number of ether oxygens (including phenoxy) is 1. The van der Waals surface area contributed by atoms with Crippen molar-refractivity contribution >= 4 is 15.7 Å². The summed E-state index contributed by atoms with van der Waals surface area (Å²) in [6, 6.07) is 2.00. The molecule has 0 spiro atoms. The number of nitrogens with two attached hydrogens (primary N) is 1. The average Bonchev–Trinajstić information content (AvgIpc) is 2.73. The van der Waals surface area contributed by atoms with E-state index in [1.54, 1.807) is 0 Å². The van der Waals surface area contributed by atoms with Crippen molar-refractivity contribution in [3.05, 3.63) is 24.1 Å². The van der Waals surface area contributed by atoms with Crippen molar-refractivity contribution in [2.24, 2.45) is 0 Å². The minimum atomic E-state index is -3.65. The average molecular weight is 286 g/mol. The third-order valence-corrected chi connectivity index (χ3v) is 3.61. The van der Waals surface area contributed by atoms with Gasteiger partial charge in [-0.25, -0.2) is 12.8 Å². The van der Waals surface area contributed by atoms with Crippen LogP contribution in [0.2, 0.25) is 0 Å². The van der Waals surface area contributed by atoms with Crippen LogP contribution >= 0.6 is 0 Å². The smallest absolute Gasteiger partial charge is 0.230 e. The van der Waals surface area contributed by atoms with Crippen LogP contribution in [0, 0.1) is 5.82 Å². The summed E-state index contributed by atoms with van der Waals surface area (Å²) in [6.07, 6.45) is 2.23. The zero-order valence-electron chi connectivity index (χ0n) is 10.2. The van der Waals surface area contributed by atoms with E-state index < -0.39 is 15.7 Å². The number of sulfone groups is 1. The molecule has 0 saturated carbocycles. The molecule has 0 aliphatic carbocycles. The summed E-state index contributed by atoms with van der Waals surface area (Å²) >= 11 is 0. The molecule has 8 heteroatoms. The first-order chi connectivity index (χ1) is 8.84. The van der Waals surface area contributed by atoms with E-state index in [1.807, 2.05) is 0 Å². The predicted molar refractivity (Wildman–Crippen MR) is 66.0 cm³/mol. The van der Waals surface area contributed by atoms with Gasteiger partial charge in [0.05, 0.1) is 18.9 Å². The summed E-state index contributed by atoms with van der Waals surface area (Å²) < 4.78 is 46.6. The van der Waals surface area contributed by atoms with Gasteiger partial charge in [0.15, 0.2) is 9.84 Å². The summed E-state index contributed by atoms with van der Waals surface area (Å²) in [5.74, 6) is -0.779. The van der Waals surface area contributed by atoms with Crippen LogP contribution in [0.15, 0.2) is 27.7 Å². The number of halogens is 1. The van der Waals surface area contributed by atoms with Gasteiger partial charge < -0.3 is 15.0 Å². The second-order valence-corrected chi connectivity index (χ2v) is 5.84. The van der Waals surface area contributed by atoms with Gasteiger partial charge in [0.2, 0.25) is 5.88 Å². The molecule has 2 N–H and O–H groups in total. The number of hydrogen-bond acceptors (Lipinski definition) is 6. The molecule has 0 radical (unpaired) electrons. The summed E-state index contributed by atoms with van der Waals surface area (Å²) in [4.78, 5) is -0.259. The molecule has 1 aromatic carbocycles. The number of rotatable bonds is 3. The molecule has 2 rings (SSSR count). The van der Waals surface area contributed by atoms with Gasteiger partial charge >= 0.3 is 0 Å². The molecule has 0 unspecified atom stereocenters. The number of aromatic nitrogens is 1. The van der Waals surface area contributed by atoms with E-state index in [9.17, 15) is 12.8 Å². The topological polar surface area (TPSA) is 95.4 Å². The lowest BCUT2D eigenvalue weighted by molar-refractivity contribution is 0.403. The number of hydrogen-bond donors (Lipinski definition) is 1. The maximum Gasteiger partial charge on any atom is 0.230 e. The number of nitrogens with zero attached hydrogens (tertiary/aromatic N) is 1. The normalized spacial score (nSPS) is 11.5. The number of anilines is 1. The molecule has 0 fully saturated rings. The molecule has 0 aliphatic rings. The first-order valence-corrected chi connectivity index (χ1v) is 7.02. The minimum absolute atomic E-state index is 0.00111. The van der Waals surface area contributed by atoms with Gasteiger partial charge in [-0.3, -0.25) is 0 Å². The molecule has 0 saturated heterocycles. The Balaban J connectivity index is 2.82. The van der Waals surface area contributed by atoms with E-state index in [1.165, 1.54) is 13.3 Å². The highest BCUT2D eigenvalue weighted by Crippen LogP contribution is 2.38. The highest BCUT2D eigenvalue weighted by Gasteiger charge is 2.22. The van der Waals surface area contributed by atoms with Crippen molar-refractivity contribution in [1.82, 2.24) is 5.16 Å². The van der Waals surface area contributed by atoms with E-state index >= 15 is 0 Å². The van der Waals surface area contributed by atoms with Crippen LogP contribution in [0.5, 0.6) is 5.75 Å². The lowest BCUT2D eigenvalue weighted by Gasteiger charge is -2.12. The third-order valence-electron chi connectivity index (χ3n) is 2.51. The van der Waals surface area contributed by atoms with Crippen LogP contribution in [-0.4, -0.2) is 26.9 Å². The van der Waals surface area contributed by atoms with Crippen molar-refractivity contribution in [1.29, 1.82) is 0 Å². The first-order valence-electron chi connectivity index (χ1n) is 5.12. The largest absolute Gasteiger partial charge is 0.495 e. The fourth-order valence-corrected chi connectivity index (χ4v) is 2.56. The molecular weight excluding hydrogens is 275 g/mol. The van der Waals surface area contributed by atoms with Crippen LogP contribution in [-0.2, 0) is 9.84 Å². The maximum atomic E-state index is 13.6. The predicted octanol–water partition coefficient (Wildman–Crippen LogP) is 1.48. The Morgan fingerprint density at radius 3 is 2.53 bits per heavy atom. The Labute approximate surface area is 108 Å². The Morgan fingerprint density at radius 2 is 2.05 bits per heavy atom. The van der Waals surface area contributed by atoms with Crippen LogP contribution < -0.4 is 10.5 Å². The van der Waals surface area contributed by atoms with Crippen molar-refractivity contribution < 1.29 is 22.1 Å². The quantitative estimate of drug-likeness (QED) is 0.918. The lowest BCUT2D eigenvalue weighted by Crippen LogP contribution is -2.03. The second-order valence-electron chi connectivity index (χ2n) is 3.86. The SMILES string of the molecule is COc1c(-c2cnoc2N)cc(F)cc1S(C)(=O)=O. The molecule has 1 heterocycles. The van der Waals surface area contributed by atoms with E-state index in [2.05, 4.69) is 9.68 Å². The van der Waals surface area contributed by atoms with Crippen LogP contribution in [0.4, 0.5) is 10.3 Å². The molecule has 102 valence electrons. The van der Waals surface area contributed by atoms with Gasteiger partial charge in [-0.15, -0.1) is 0 Å². The van der Waals surface area contributed by atoms with Gasteiger partial charge in [-0.1, -0.05) is 5.16 Å². The molecule has 0 amide bonds. The molecule has 19 heavy (non-hydrogen) atoms. The van der Waals surface area contributed by atoms with Gasteiger partial charge in [0.1, 0.15) is 16.5 Å². The van der Waals surface area contributed by atoms with E-state index in [4.69, 9.17) is 10.5 Å². The van der Waals surface area contributed by atoms with Crippen molar-refractivity contribution in [3.8, 4) is 16.9 Å². The molecule has 1 aromatic heterocycles. The van der Waals surface area contributed by atoms with E-state index in [-0.39, 0.29) is 27.7 Å². The summed E-state index contributed by atoms with van der Waals surface area (Å²) in [6.45, 7) is 0.